The van der Waals surface area contributed by atoms with Gasteiger partial charge >= 0.3 is 6.09 Å². The summed E-state index contributed by atoms with van der Waals surface area (Å²) in [6.45, 7) is 0. The second-order valence-corrected chi connectivity index (χ2v) is 3.50. The van der Waals surface area contributed by atoms with Crippen molar-refractivity contribution < 1.29 is 14.3 Å². The van der Waals surface area contributed by atoms with Crippen LogP contribution in [0.2, 0.25) is 0 Å². The molecule has 74 valence electrons. The van der Waals surface area contributed by atoms with E-state index in [0.29, 0.717) is 0 Å². The van der Waals surface area contributed by atoms with E-state index < -0.39 is 11.3 Å². The number of ether oxygens (including phenoxy) is 1. The molecule has 0 atom stereocenters. The van der Waals surface area contributed by atoms with Crippen LogP contribution in [0.25, 0.3) is 0 Å². The summed E-state index contributed by atoms with van der Waals surface area (Å²) in [5.74, 6) is 0. The molecule has 0 aliphatic heterocycles. The lowest BCUT2D eigenvalue weighted by Crippen LogP contribution is -2.31. The fraction of sp³-hybridized carbons (Fsp3) is 0.750. The van der Waals surface area contributed by atoms with Gasteiger partial charge in [-0.2, -0.15) is 0 Å². The summed E-state index contributed by atoms with van der Waals surface area (Å²) in [6, 6.07) is 0. The average molecular weight is 203 g/mol. The van der Waals surface area contributed by atoms with Crippen LogP contribution in [-0.4, -0.2) is 17.4 Å². The van der Waals surface area contributed by atoms with Crippen LogP contribution in [0.3, 0.4) is 0 Å². The first-order valence-electron chi connectivity index (χ1n) is 4.39. The third-order valence-electron chi connectivity index (χ3n) is 2.03. The summed E-state index contributed by atoms with van der Waals surface area (Å²) in [5.41, 5.74) is 0. The van der Waals surface area contributed by atoms with Crippen molar-refractivity contribution in [1.82, 2.24) is 5.32 Å². The fourth-order valence-electron chi connectivity index (χ4n) is 1.45. The second kappa shape index (κ2) is 5.11. The molecular weight excluding hydrogens is 190 g/mol. The number of hydrogen-bond acceptors (Lipinski definition) is 3. The fourth-order valence-corrected chi connectivity index (χ4v) is 1.54. The van der Waals surface area contributed by atoms with E-state index in [9.17, 15) is 9.59 Å². The maximum Gasteiger partial charge on any atom is 0.414 e. The van der Waals surface area contributed by atoms with Gasteiger partial charge in [-0.3, -0.25) is 10.1 Å². The molecule has 1 fully saturated rings. The molecule has 1 rings (SSSR count). The summed E-state index contributed by atoms with van der Waals surface area (Å²) in [7, 11) is 0. The van der Waals surface area contributed by atoms with Gasteiger partial charge in [-0.05, 0) is 25.7 Å². The van der Waals surface area contributed by atoms with Gasteiger partial charge in [-0.15, -0.1) is 0 Å². The van der Waals surface area contributed by atoms with Crippen LogP contribution in [0.1, 0.15) is 32.1 Å². The molecule has 1 aliphatic rings. The Morgan fingerprint density at radius 1 is 1.23 bits per heavy atom. The Bertz CT molecular complexity index is 202. The predicted molar refractivity (Wildman–Crippen MR) is 50.9 cm³/mol. The molecule has 2 amide bonds. The van der Waals surface area contributed by atoms with Crippen LogP contribution < -0.4 is 5.32 Å². The lowest BCUT2D eigenvalue weighted by molar-refractivity contribution is 0.0780. The Morgan fingerprint density at radius 2 is 1.85 bits per heavy atom. The standard InChI is InChI=1S/C8H13NO3S/c10-7(9-8(11)13)12-6-4-2-1-3-5-6/h6H,1-5H2,(H2,9,10,11,13). The van der Waals surface area contributed by atoms with Gasteiger partial charge in [0.15, 0.2) is 0 Å². The predicted octanol–water partition coefficient (Wildman–Crippen LogP) is 2.10. The summed E-state index contributed by atoms with van der Waals surface area (Å²) in [6.07, 6.45) is 4.46. The molecule has 1 saturated carbocycles. The second-order valence-electron chi connectivity index (χ2n) is 3.10. The molecule has 0 aromatic rings. The van der Waals surface area contributed by atoms with Crippen molar-refractivity contribution in [3.05, 3.63) is 0 Å². The van der Waals surface area contributed by atoms with Gasteiger partial charge in [0.05, 0.1) is 0 Å². The molecule has 0 aromatic carbocycles. The highest BCUT2D eigenvalue weighted by molar-refractivity contribution is 7.96. The van der Waals surface area contributed by atoms with E-state index in [2.05, 4.69) is 12.6 Å². The smallest absolute Gasteiger partial charge is 0.414 e. The molecule has 0 radical (unpaired) electrons. The maximum absolute atomic E-state index is 10.9. The zero-order chi connectivity index (χ0) is 9.68. The largest absolute Gasteiger partial charge is 0.446 e. The molecule has 0 aromatic heterocycles. The molecule has 4 nitrogen and oxygen atoms in total. The van der Waals surface area contributed by atoms with Gasteiger partial charge in [0.25, 0.3) is 5.24 Å². The van der Waals surface area contributed by atoms with Crippen LogP contribution in [0.4, 0.5) is 9.59 Å². The van der Waals surface area contributed by atoms with Crippen LogP contribution in [0.5, 0.6) is 0 Å². The van der Waals surface area contributed by atoms with Crippen molar-refractivity contribution >= 4 is 24.0 Å². The van der Waals surface area contributed by atoms with Gasteiger partial charge < -0.3 is 4.74 Å². The molecule has 1 aliphatic carbocycles. The Balaban J connectivity index is 2.22. The zero-order valence-electron chi connectivity index (χ0n) is 7.28. The minimum atomic E-state index is -0.688. The van der Waals surface area contributed by atoms with E-state index in [0.717, 1.165) is 25.7 Å². The summed E-state index contributed by atoms with van der Waals surface area (Å²) < 4.78 is 4.98. The first-order chi connectivity index (χ1) is 6.18. The van der Waals surface area contributed by atoms with Crippen LogP contribution in [0.15, 0.2) is 0 Å². The van der Waals surface area contributed by atoms with Gasteiger partial charge in [-0.25, -0.2) is 4.79 Å². The van der Waals surface area contributed by atoms with Gasteiger partial charge in [0, 0.05) is 0 Å². The van der Waals surface area contributed by atoms with Gasteiger partial charge in [0.1, 0.15) is 6.10 Å². The van der Waals surface area contributed by atoms with E-state index >= 15 is 0 Å². The summed E-state index contributed by atoms with van der Waals surface area (Å²) >= 11 is 3.40. The van der Waals surface area contributed by atoms with Crippen molar-refractivity contribution in [2.24, 2.45) is 0 Å². The molecule has 0 unspecified atom stereocenters. The normalized spacial score (nSPS) is 17.9. The number of alkyl carbamates (subject to hydrolysis) is 1. The first kappa shape index (κ1) is 10.4. The lowest BCUT2D eigenvalue weighted by Gasteiger charge is -2.21. The zero-order valence-corrected chi connectivity index (χ0v) is 8.18. The highest BCUT2D eigenvalue weighted by Crippen LogP contribution is 2.20. The Hall–Kier alpha value is -0.710. The quantitative estimate of drug-likeness (QED) is 0.642. The average Bonchev–Trinajstić information content (AvgIpc) is 2.04. The Labute approximate surface area is 82.4 Å². The van der Waals surface area contributed by atoms with E-state index in [4.69, 9.17) is 4.74 Å². The molecular formula is C8H13NO3S. The van der Waals surface area contributed by atoms with Gasteiger partial charge in [0.2, 0.25) is 0 Å². The highest BCUT2D eigenvalue weighted by atomic mass is 32.1. The van der Waals surface area contributed by atoms with Crippen molar-refractivity contribution in [3.8, 4) is 0 Å². The van der Waals surface area contributed by atoms with Crippen molar-refractivity contribution in [2.75, 3.05) is 0 Å². The third-order valence-corrected chi connectivity index (χ3v) is 2.15. The van der Waals surface area contributed by atoms with Crippen LogP contribution >= 0.6 is 12.6 Å². The Morgan fingerprint density at radius 3 is 2.38 bits per heavy atom. The topological polar surface area (TPSA) is 55.4 Å². The molecule has 0 saturated heterocycles. The maximum atomic E-state index is 10.9. The highest BCUT2D eigenvalue weighted by Gasteiger charge is 2.17. The summed E-state index contributed by atoms with van der Waals surface area (Å²) in [4.78, 5) is 21.3. The molecule has 0 heterocycles. The van der Waals surface area contributed by atoms with Crippen molar-refractivity contribution in [3.63, 3.8) is 0 Å². The molecule has 1 N–H and O–H groups in total. The Kier molecular flexibility index (Phi) is 4.08. The number of hydrogen-bond donors (Lipinski definition) is 2. The minimum absolute atomic E-state index is 0.0265. The summed E-state index contributed by atoms with van der Waals surface area (Å²) in [5, 5.41) is 1.27. The monoisotopic (exact) mass is 203 g/mol. The van der Waals surface area contributed by atoms with Crippen molar-refractivity contribution in [2.45, 2.75) is 38.2 Å². The first-order valence-corrected chi connectivity index (χ1v) is 4.84. The third kappa shape index (κ3) is 4.17. The number of imide groups is 1. The van der Waals surface area contributed by atoms with E-state index in [1.807, 2.05) is 5.32 Å². The number of carbonyl (C=O) groups is 2. The number of amides is 2. The number of nitrogens with one attached hydrogen (secondary N) is 1. The molecule has 5 heteroatoms. The van der Waals surface area contributed by atoms with E-state index in [1.165, 1.54) is 6.42 Å². The van der Waals surface area contributed by atoms with Gasteiger partial charge in [-0.1, -0.05) is 19.0 Å². The number of thiol groups is 1. The van der Waals surface area contributed by atoms with E-state index in [-0.39, 0.29) is 6.10 Å². The molecule has 13 heavy (non-hydrogen) atoms. The number of rotatable bonds is 1. The minimum Gasteiger partial charge on any atom is -0.446 e. The SMILES string of the molecule is O=C(S)NC(=O)OC1CCCCC1. The molecule has 0 spiro atoms. The number of carbonyl (C=O) groups excluding carboxylic acids is 2. The van der Waals surface area contributed by atoms with Crippen LogP contribution in [-0.2, 0) is 4.74 Å². The lowest BCUT2D eigenvalue weighted by atomic mass is 9.98. The molecule has 0 bridgehead atoms. The van der Waals surface area contributed by atoms with E-state index in [1.54, 1.807) is 0 Å². The van der Waals surface area contributed by atoms with Crippen molar-refractivity contribution in [1.29, 1.82) is 0 Å². The van der Waals surface area contributed by atoms with Crippen LogP contribution in [0, 0.1) is 0 Å².